The van der Waals surface area contributed by atoms with Crippen molar-refractivity contribution in [2.45, 2.75) is 73.5 Å². The molecular formula is C55H61ClF3N6O7PS2. The molecule has 13 nitrogen and oxygen atoms in total. The van der Waals surface area contributed by atoms with Crippen LogP contribution < -0.4 is 25.1 Å². The number of aromatic nitrogens is 1. The maximum Gasteiger partial charge on any atom is 0.501 e. The van der Waals surface area contributed by atoms with Crippen LogP contribution in [0.4, 0.5) is 35.9 Å². The number of thioether (sulfide) groups is 1. The monoisotopic (exact) mass is 1100 g/mol. The number of rotatable bonds is 17. The van der Waals surface area contributed by atoms with Crippen LogP contribution in [-0.4, -0.2) is 116 Å². The number of nitrogens with zero attached hydrogens (tertiary/aromatic N) is 5. The molecule has 3 fully saturated rings. The third-order valence-electron chi connectivity index (χ3n) is 14.3. The average Bonchev–Trinajstić information content (AvgIpc) is 3.96. The summed E-state index contributed by atoms with van der Waals surface area (Å²) in [6.45, 7) is 10.6. The molecule has 20 heteroatoms. The highest BCUT2D eigenvalue weighted by atomic mass is 35.5. The van der Waals surface area contributed by atoms with E-state index in [1.54, 1.807) is 24.3 Å². The number of anilines is 4. The van der Waals surface area contributed by atoms with E-state index in [0.29, 0.717) is 92.8 Å². The second-order valence-corrected chi connectivity index (χ2v) is 25.2. The van der Waals surface area contributed by atoms with Crippen molar-refractivity contribution in [2.75, 3.05) is 84.5 Å². The van der Waals surface area contributed by atoms with E-state index >= 15 is 0 Å². The predicted molar refractivity (Wildman–Crippen MR) is 294 cm³/mol. The molecule has 3 N–H and O–H groups in total. The standard InChI is InChI=1S/C55H61ClF3N6O7PS2/c1-37(2)65-38(3)51(54(67)68)52(53(65)39-12-14-41(56)15-13-39)40-8-7-9-45(34-40)63-30-28-62(29-31-63)43-16-18-44(19-17-43)64-32-33-72-73(64,69)47-20-21-49(50(35-47)75(70,71)55(57,58)59)60-42(36-74-48-10-5-4-6-11-48)22-25-61-26-23-46(66)24-27-61/h4-21,34-35,37,42,46,60,66H,22-33,36H2,1-3H3,(H,67,68)/t42-,73-/m1/s1. The molecule has 0 amide bonds. The fourth-order valence-corrected chi connectivity index (χ4v) is 14.8. The van der Waals surface area contributed by atoms with Gasteiger partial charge in [-0.1, -0.05) is 54.1 Å². The number of sulfone groups is 1. The summed E-state index contributed by atoms with van der Waals surface area (Å²) in [4.78, 5) is 19.5. The minimum atomic E-state index is -5.94. The Morgan fingerprint density at radius 3 is 2.12 bits per heavy atom. The lowest BCUT2D eigenvalue weighted by Gasteiger charge is -2.37. The van der Waals surface area contributed by atoms with Gasteiger partial charge < -0.3 is 39.3 Å². The van der Waals surface area contributed by atoms with Crippen molar-refractivity contribution in [2.24, 2.45) is 0 Å². The number of piperazine rings is 1. The number of nitrogens with one attached hydrogen (secondary N) is 1. The largest absolute Gasteiger partial charge is 0.501 e. The van der Waals surface area contributed by atoms with Crippen LogP contribution in [0.3, 0.4) is 0 Å². The van der Waals surface area contributed by atoms with Gasteiger partial charge in [-0.15, -0.1) is 11.8 Å². The van der Waals surface area contributed by atoms with Crippen LogP contribution in [0.2, 0.25) is 5.02 Å². The Hall–Kier alpha value is -5.46. The minimum absolute atomic E-state index is 0.000916. The second kappa shape index (κ2) is 22.6. The van der Waals surface area contributed by atoms with Gasteiger partial charge >= 0.3 is 19.0 Å². The molecule has 1 aromatic heterocycles. The van der Waals surface area contributed by atoms with E-state index in [0.717, 1.165) is 39.2 Å². The van der Waals surface area contributed by atoms with Gasteiger partial charge in [0.15, 0.2) is 0 Å². The number of hydrogen-bond donors (Lipinski definition) is 3. The number of aliphatic hydroxyl groups excluding tert-OH is 1. The Morgan fingerprint density at radius 2 is 1.48 bits per heavy atom. The average molecular weight is 1110 g/mol. The minimum Gasteiger partial charge on any atom is -0.478 e. The summed E-state index contributed by atoms with van der Waals surface area (Å²) in [6, 6.07) is 35.3. The molecule has 4 heterocycles. The van der Waals surface area contributed by atoms with Crippen molar-refractivity contribution in [1.29, 1.82) is 0 Å². The Balaban J connectivity index is 0.923. The van der Waals surface area contributed by atoms with E-state index in [9.17, 15) is 41.2 Å². The van der Waals surface area contributed by atoms with Crippen molar-refractivity contribution in [3.05, 3.63) is 138 Å². The van der Waals surface area contributed by atoms with Crippen LogP contribution in [0, 0.1) is 6.92 Å². The van der Waals surface area contributed by atoms with Crippen LogP contribution in [0.25, 0.3) is 22.4 Å². The van der Waals surface area contributed by atoms with Crippen LogP contribution in [0.5, 0.6) is 0 Å². The molecule has 0 unspecified atom stereocenters. The summed E-state index contributed by atoms with van der Waals surface area (Å²) in [5, 5.41) is 24.2. The number of hydrogen-bond acceptors (Lipinski definition) is 11. The highest BCUT2D eigenvalue weighted by molar-refractivity contribution is 7.99. The molecule has 3 aliphatic rings. The van der Waals surface area contributed by atoms with Crippen molar-refractivity contribution < 1.29 is 45.7 Å². The molecule has 9 rings (SSSR count). The number of likely N-dealkylation sites (tertiary alicyclic amines) is 1. The van der Waals surface area contributed by atoms with Crippen molar-refractivity contribution >= 4 is 74.7 Å². The fourth-order valence-electron chi connectivity index (χ4n) is 10.4. The van der Waals surface area contributed by atoms with Gasteiger partial charge in [-0.3, -0.25) is 9.24 Å². The fraction of sp³-hybridized carbons (Fsp3) is 0.364. The van der Waals surface area contributed by atoms with Gasteiger partial charge in [-0.2, -0.15) is 13.2 Å². The smallest absolute Gasteiger partial charge is 0.478 e. The molecule has 2 atom stereocenters. The number of carbonyl (C=O) groups is 1. The van der Waals surface area contributed by atoms with E-state index in [4.69, 9.17) is 16.1 Å². The number of benzene rings is 5. The third-order valence-corrected chi connectivity index (χ3v) is 19.8. The molecular weight excluding hydrogens is 1040 g/mol. The van der Waals surface area contributed by atoms with E-state index in [-0.39, 0.29) is 41.9 Å². The summed E-state index contributed by atoms with van der Waals surface area (Å²) in [6.07, 6.45) is 1.35. The Bertz CT molecular complexity index is 3150. The molecule has 0 aliphatic carbocycles. The number of aromatic carboxylic acids is 1. The molecule has 5 aromatic carbocycles. The van der Waals surface area contributed by atoms with Crippen LogP contribution in [0.15, 0.2) is 131 Å². The lowest BCUT2D eigenvalue weighted by atomic mass is 9.96. The van der Waals surface area contributed by atoms with Crippen LogP contribution >= 0.6 is 30.9 Å². The number of aliphatic hydroxyl groups is 1. The Kier molecular flexibility index (Phi) is 16.4. The zero-order valence-electron chi connectivity index (χ0n) is 41.9. The number of piperidine rings is 1. The molecule has 398 valence electrons. The lowest BCUT2D eigenvalue weighted by Crippen LogP contribution is -2.46. The number of carboxylic acid groups (broad SMARTS) is 1. The number of halogens is 4. The predicted octanol–water partition coefficient (Wildman–Crippen LogP) is 11.5. The maximum absolute atomic E-state index is 15.0. The molecule has 0 saturated carbocycles. The molecule has 6 aromatic rings. The van der Waals surface area contributed by atoms with Crippen LogP contribution in [0.1, 0.15) is 55.2 Å². The molecule has 0 spiro atoms. The van der Waals surface area contributed by atoms with E-state index < -0.39 is 39.8 Å². The topological polar surface area (TPSA) is 148 Å². The Morgan fingerprint density at radius 1 is 0.827 bits per heavy atom. The summed E-state index contributed by atoms with van der Waals surface area (Å²) < 4.78 is 94.8. The van der Waals surface area contributed by atoms with Gasteiger partial charge in [0.1, 0.15) is 4.90 Å². The quantitative estimate of drug-likeness (QED) is 0.0588. The summed E-state index contributed by atoms with van der Waals surface area (Å²) >= 11 is 7.77. The highest BCUT2D eigenvalue weighted by Gasteiger charge is 2.49. The molecule has 3 saturated heterocycles. The normalized spacial score (nSPS) is 18.5. The molecule has 75 heavy (non-hydrogen) atoms. The summed E-state index contributed by atoms with van der Waals surface area (Å²) in [5.74, 6) is -0.586. The van der Waals surface area contributed by atoms with Crippen molar-refractivity contribution in [3.63, 3.8) is 0 Å². The van der Waals surface area contributed by atoms with Crippen LogP contribution in [-0.2, 0) is 18.9 Å². The lowest BCUT2D eigenvalue weighted by molar-refractivity contribution is -0.0435. The zero-order chi connectivity index (χ0) is 53.2. The first-order valence-corrected chi connectivity index (χ1v) is 29.5. The SMILES string of the molecule is Cc1c(C(=O)O)c(-c2cccc(N3CCN(c4ccc(N5CCO[P@]5(=O)c5ccc(N[C@H](CCN6CCC(O)CC6)CSc6ccccc6)c(S(=O)(=O)C(F)(F)F)c5)cc4)CC3)c2)c(-c2ccc(Cl)cc2)n1C(C)C. The summed E-state index contributed by atoms with van der Waals surface area (Å²) in [5.41, 5.74) is 0.478. The summed E-state index contributed by atoms with van der Waals surface area (Å²) in [7, 11) is -10.1. The van der Waals surface area contributed by atoms with Gasteiger partial charge in [0.2, 0.25) is 0 Å². The number of alkyl halides is 3. The Labute approximate surface area is 445 Å². The maximum atomic E-state index is 15.0. The van der Waals surface area contributed by atoms with E-state index in [1.165, 1.54) is 28.6 Å². The van der Waals surface area contributed by atoms with E-state index in [1.807, 2.05) is 99.6 Å². The number of carboxylic acids is 1. The van der Waals surface area contributed by atoms with Gasteiger partial charge in [0.05, 0.1) is 41.5 Å². The zero-order valence-corrected chi connectivity index (χ0v) is 45.2. The molecule has 0 radical (unpaired) electrons. The highest BCUT2D eigenvalue weighted by Crippen LogP contribution is 2.56. The first-order chi connectivity index (χ1) is 35.8. The second-order valence-electron chi connectivity index (χ2n) is 19.4. The molecule has 3 aliphatic heterocycles. The first kappa shape index (κ1) is 54.3. The van der Waals surface area contributed by atoms with Gasteiger partial charge in [-0.05, 0) is 130 Å². The molecule has 0 bridgehead atoms. The van der Waals surface area contributed by atoms with Crippen molar-refractivity contribution in [1.82, 2.24) is 9.47 Å². The van der Waals surface area contributed by atoms with Crippen molar-refractivity contribution in [3.8, 4) is 22.4 Å². The van der Waals surface area contributed by atoms with Gasteiger partial charge in [0, 0.05) is 102 Å². The first-order valence-electron chi connectivity index (χ1n) is 25.1. The third kappa shape index (κ3) is 11.6. The van der Waals surface area contributed by atoms with Gasteiger partial charge in [-0.25, -0.2) is 13.2 Å². The van der Waals surface area contributed by atoms with E-state index in [2.05, 4.69) is 24.6 Å². The van der Waals surface area contributed by atoms with Gasteiger partial charge in [0.25, 0.3) is 9.84 Å².